The van der Waals surface area contributed by atoms with Gasteiger partial charge in [0.2, 0.25) is 20.0 Å². The molecule has 0 aromatic heterocycles. The monoisotopic (exact) mass is 590 g/mol. The Bertz CT molecular complexity index is 1580. The third kappa shape index (κ3) is 5.94. The highest BCUT2D eigenvalue weighted by atomic mass is 32.2. The number of halogens is 4. The molecule has 208 valence electrons. The van der Waals surface area contributed by atoms with Crippen molar-refractivity contribution in [2.24, 2.45) is 0 Å². The SMILES string of the molecule is O=S(=O)(c1ccc(F)cc1)N1C[C@H]1c1ccc(F)cc1.O=S(=O)(c1ccc(F)cc1)N1C[C@H]1c1ccc(F)cc1. The second kappa shape index (κ2) is 10.8. The molecule has 0 aliphatic carbocycles. The summed E-state index contributed by atoms with van der Waals surface area (Å²) >= 11 is 0. The summed E-state index contributed by atoms with van der Waals surface area (Å²) in [6.45, 7) is 0.705. The minimum Gasteiger partial charge on any atom is -0.207 e. The molecule has 0 saturated carbocycles. The maximum atomic E-state index is 12.8. The van der Waals surface area contributed by atoms with Crippen molar-refractivity contribution in [1.82, 2.24) is 8.61 Å². The molecule has 0 N–H and O–H groups in total. The summed E-state index contributed by atoms with van der Waals surface area (Å²) in [6.07, 6.45) is 0. The number of sulfonamides is 2. The summed E-state index contributed by atoms with van der Waals surface area (Å²) in [5.41, 5.74) is 1.49. The predicted octanol–water partition coefficient (Wildman–Crippen LogP) is 5.42. The topological polar surface area (TPSA) is 74.3 Å². The van der Waals surface area contributed by atoms with Gasteiger partial charge in [-0.15, -0.1) is 0 Å². The van der Waals surface area contributed by atoms with Crippen molar-refractivity contribution in [3.05, 3.63) is 131 Å². The van der Waals surface area contributed by atoms with E-state index in [2.05, 4.69) is 0 Å². The molecule has 2 unspecified atom stereocenters. The summed E-state index contributed by atoms with van der Waals surface area (Å²) < 4.78 is 103. The first-order valence-electron chi connectivity index (χ1n) is 12.0. The van der Waals surface area contributed by atoms with E-state index in [1.54, 1.807) is 24.3 Å². The maximum Gasteiger partial charge on any atom is 0.243 e. The van der Waals surface area contributed by atoms with Crippen molar-refractivity contribution in [2.45, 2.75) is 21.9 Å². The van der Waals surface area contributed by atoms with Gasteiger partial charge in [-0.25, -0.2) is 34.4 Å². The van der Waals surface area contributed by atoms with Crippen LogP contribution in [0.5, 0.6) is 0 Å². The van der Waals surface area contributed by atoms with E-state index in [-0.39, 0.29) is 33.5 Å². The van der Waals surface area contributed by atoms with Crippen LogP contribution in [0.15, 0.2) is 107 Å². The average molecular weight is 591 g/mol. The summed E-state index contributed by atoms with van der Waals surface area (Å²) in [4.78, 5) is 0.118. The lowest BCUT2D eigenvalue weighted by Gasteiger charge is -2.06. The van der Waals surface area contributed by atoms with E-state index in [1.165, 1.54) is 57.1 Å². The molecule has 40 heavy (non-hydrogen) atoms. The Kier molecular flexibility index (Phi) is 7.53. The first kappa shape index (κ1) is 28.0. The number of rotatable bonds is 6. The van der Waals surface area contributed by atoms with Gasteiger partial charge in [-0.3, -0.25) is 0 Å². The summed E-state index contributed by atoms with van der Waals surface area (Å²) in [5, 5.41) is 0. The van der Waals surface area contributed by atoms with Crippen molar-refractivity contribution >= 4 is 20.0 Å². The quantitative estimate of drug-likeness (QED) is 0.222. The van der Waals surface area contributed by atoms with Crippen LogP contribution in [-0.2, 0) is 20.0 Å². The third-order valence-electron chi connectivity index (χ3n) is 6.48. The van der Waals surface area contributed by atoms with Crippen LogP contribution in [0.4, 0.5) is 17.6 Å². The van der Waals surface area contributed by atoms with Gasteiger partial charge < -0.3 is 0 Å². The van der Waals surface area contributed by atoms with Crippen molar-refractivity contribution in [3.63, 3.8) is 0 Å². The number of benzene rings is 4. The molecule has 4 aromatic carbocycles. The third-order valence-corrected chi connectivity index (χ3v) is 10.3. The normalized spacial score (nSPS) is 21.7. The fourth-order valence-corrected chi connectivity index (χ4v) is 7.27. The Morgan fingerprint density at radius 2 is 0.700 bits per heavy atom. The Morgan fingerprint density at radius 1 is 0.450 bits per heavy atom. The number of hydrogen-bond donors (Lipinski definition) is 0. The van der Waals surface area contributed by atoms with E-state index in [4.69, 9.17) is 0 Å². The molecular formula is C28H22F4N2O4S2. The molecule has 4 aromatic rings. The molecule has 0 spiro atoms. The molecule has 2 aliphatic rings. The van der Waals surface area contributed by atoms with Gasteiger partial charge in [0, 0.05) is 13.1 Å². The van der Waals surface area contributed by atoms with Crippen LogP contribution in [0.25, 0.3) is 0 Å². The molecule has 2 fully saturated rings. The van der Waals surface area contributed by atoms with E-state index in [9.17, 15) is 34.4 Å². The lowest BCUT2D eigenvalue weighted by Crippen LogP contribution is -2.12. The van der Waals surface area contributed by atoms with Gasteiger partial charge in [-0.05, 0) is 83.9 Å². The standard InChI is InChI=1S/2C14H11F2NO2S/c2*15-11-3-1-10(2-4-11)14-9-17(14)20(18,19)13-7-5-12(16)6-8-13/h2*1-8,14H,9H2/t2*14-,17?/m00/s1. The molecule has 2 heterocycles. The fourth-order valence-electron chi connectivity index (χ4n) is 4.18. The van der Waals surface area contributed by atoms with Gasteiger partial charge in [0.05, 0.1) is 21.9 Å². The van der Waals surface area contributed by atoms with Crippen molar-refractivity contribution in [1.29, 1.82) is 0 Å². The minimum atomic E-state index is -3.62. The minimum absolute atomic E-state index is 0.0588. The highest BCUT2D eigenvalue weighted by molar-refractivity contribution is 7.89. The lowest BCUT2D eigenvalue weighted by atomic mass is 10.2. The number of hydrogen-bond acceptors (Lipinski definition) is 4. The Morgan fingerprint density at radius 3 is 0.975 bits per heavy atom. The number of nitrogens with zero attached hydrogens (tertiary/aromatic N) is 2. The largest absolute Gasteiger partial charge is 0.243 e. The zero-order chi connectivity index (χ0) is 28.7. The highest BCUT2D eigenvalue weighted by Gasteiger charge is 2.46. The second-order valence-electron chi connectivity index (χ2n) is 9.19. The molecule has 0 radical (unpaired) electrons. The zero-order valence-electron chi connectivity index (χ0n) is 20.7. The van der Waals surface area contributed by atoms with E-state index in [0.29, 0.717) is 13.1 Å². The molecule has 0 amide bonds. The van der Waals surface area contributed by atoms with Crippen molar-refractivity contribution < 1.29 is 34.4 Å². The van der Waals surface area contributed by atoms with Crippen LogP contribution in [0.3, 0.4) is 0 Å². The molecule has 6 rings (SSSR count). The van der Waals surface area contributed by atoms with E-state index < -0.39 is 31.7 Å². The first-order valence-corrected chi connectivity index (χ1v) is 14.9. The van der Waals surface area contributed by atoms with Crippen LogP contribution in [0, 0.1) is 23.3 Å². The van der Waals surface area contributed by atoms with Gasteiger partial charge in [0.15, 0.2) is 0 Å². The zero-order valence-corrected chi connectivity index (χ0v) is 22.3. The summed E-state index contributed by atoms with van der Waals surface area (Å²) in [6, 6.07) is 20.4. The Hall–Kier alpha value is -3.58. The lowest BCUT2D eigenvalue weighted by molar-refractivity contribution is 0.551. The molecule has 4 atom stereocenters. The van der Waals surface area contributed by atoms with Gasteiger partial charge in [0.25, 0.3) is 0 Å². The van der Waals surface area contributed by atoms with Crippen LogP contribution in [0.1, 0.15) is 23.2 Å². The molecule has 6 nitrogen and oxygen atoms in total. The van der Waals surface area contributed by atoms with Gasteiger partial charge in [0.1, 0.15) is 23.3 Å². The van der Waals surface area contributed by atoms with Gasteiger partial charge in [-0.2, -0.15) is 8.61 Å². The first-order chi connectivity index (χ1) is 19.0. The summed E-state index contributed by atoms with van der Waals surface area (Å²) in [7, 11) is -7.23. The van der Waals surface area contributed by atoms with E-state index >= 15 is 0 Å². The van der Waals surface area contributed by atoms with Gasteiger partial charge >= 0.3 is 0 Å². The molecular weight excluding hydrogens is 568 g/mol. The highest BCUT2D eigenvalue weighted by Crippen LogP contribution is 2.41. The maximum absolute atomic E-state index is 12.8. The van der Waals surface area contributed by atoms with E-state index in [0.717, 1.165) is 35.4 Å². The fraction of sp³-hybridized carbons (Fsp3) is 0.143. The molecule has 2 aliphatic heterocycles. The second-order valence-corrected chi connectivity index (χ2v) is 13.0. The van der Waals surface area contributed by atoms with Crippen molar-refractivity contribution in [2.75, 3.05) is 13.1 Å². The van der Waals surface area contributed by atoms with Crippen LogP contribution < -0.4 is 0 Å². The van der Waals surface area contributed by atoms with E-state index in [1.807, 2.05) is 0 Å². The van der Waals surface area contributed by atoms with Crippen molar-refractivity contribution in [3.8, 4) is 0 Å². The molecule has 2 saturated heterocycles. The summed E-state index contributed by atoms with van der Waals surface area (Å²) in [5.74, 6) is -1.68. The van der Waals surface area contributed by atoms with Crippen LogP contribution >= 0.6 is 0 Å². The average Bonchev–Trinajstić information content (AvgIpc) is 3.85. The smallest absolute Gasteiger partial charge is 0.207 e. The Balaban J connectivity index is 0.000000161. The Labute approximate surface area is 229 Å². The predicted molar refractivity (Wildman–Crippen MR) is 139 cm³/mol. The van der Waals surface area contributed by atoms with Crippen LogP contribution in [0.2, 0.25) is 0 Å². The van der Waals surface area contributed by atoms with Crippen LogP contribution in [-0.4, -0.2) is 38.5 Å². The molecule has 12 heteroatoms. The van der Waals surface area contributed by atoms with Gasteiger partial charge in [-0.1, -0.05) is 24.3 Å². The molecule has 0 bridgehead atoms.